The molecule has 17 heteroatoms. The van der Waals surface area contributed by atoms with Crippen LogP contribution in [0.25, 0.3) is 21.9 Å². The van der Waals surface area contributed by atoms with Crippen molar-refractivity contribution in [3.8, 4) is 11.5 Å². The van der Waals surface area contributed by atoms with Gasteiger partial charge in [-0.3, -0.25) is 4.90 Å². The highest BCUT2D eigenvalue weighted by Gasteiger charge is 2.24. The molecule has 0 aliphatic carbocycles. The fourth-order valence-corrected chi connectivity index (χ4v) is 7.17. The number of methoxy groups -OCH3 is 1. The molecule has 3 aromatic heterocycles. The first-order chi connectivity index (χ1) is 23.9. The van der Waals surface area contributed by atoms with Crippen LogP contribution in [0.15, 0.2) is 66.1 Å². The summed E-state index contributed by atoms with van der Waals surface area (Å²) >= 11 is 5.73. The fourth-order valence-electron chi connectivity index (χ4n) is 5.91. The molecule has 2 fully saturated rings. The van der Waals surface area contributed by atoms with E-state index in [0.717, 1.165) is 60.6 Å². The molecule has 5 heterocycles. The molecule has 5 aromatic rings. The molecule has 2 saturated heterocycles. The van der Waals surface area contributed by atoms with Crippen molar-refractivity contribution in [1.29, 1.82) is 0 Å². The Morgan fingerprint density at radius 2 is 1.73 bits per heavy atom. The lowest BCUT2D eigenvalue weighted by Crippen LogP contribution is -2.50. The summed E-state index contributed by atoms with van der Waals surface area (Å²) in [6.45, 7) is 7.34. The Balaban J connectivity index is 1.01. The molecule has 0 spiro atoms. The standard InChI is InChI=1S/C32H36N10O5S2/c1-45-26-20-25-24(19-27(26)47-18-15-40-13-16-46-17-14-40)28-29(38-25)35-21-36-30(28)41-9-11-42(12-10-41)32(48)37-22-3-5-23(6-4-22)49(43,44)39-31-33-7-2-8-34-31/h2-8,19-21H,9-18H2,1H3,(H,37,48)(H,33,34,39)(H,35,36,38). The van der Waals surface area contributed by atoms with E-state index in [4.69, 9.17) is 31.4 Å². The zero-order chi connectivity index (χ0) is 33.8. The SMILES string of the molecule is COc1cc2[nH]c3ncnc(N4CCN(C(=S)Nc5ccc(S(=O)(=O)Nc6ncccn6)cc5)CC4)c3c2cc1OCCN1CCOCC1. The molecule has 7 rings (SSSR count). The molecule has 2 aliphatic rings. The van der Waals surface area contributed by atoms with Gasteiger partial charge in [0, 0.05) is 75.3 Å². The van der Waals surface area contributed by atoms with Crippen LogP contribution in [0, 0.1) is 0 Å². The van der Waals surface area contributed by atoms with Gasteiger partial charge in [0.25, 0.3) is 10.0 Å². The Labute approximate surface area is 288 Å². The predicted octanol–water partition coefficient (Wildman–Crippen LogP) is 2.94. The first kappa shape index (κ1) is 32.7. The van der Waals surface area contributed by atoms with Crippen LogP contribution < -0.4 is 24.4 Å². The second kappa shape index (κ2) is 14.3. The Bertz CT molecular complexity index is 2030. The second-order valence-corrected chi connectivity index (χ2v) is 13.6. The van der Waals surface area contributed by atoms with Crippen LogP contribution in [-0.4, -0.2) is 121 Å². The van der Waals surface area contributed by atoms with Crippen molar-refractivity contribution in [1.82, 2.24) is 34.7 Å². The molecule has 3 N–H and O–H groups in total. The number of aromatic nitrogens is 5. The van der Waals surface area contributed by atoms with E-state index in [1.807, 2.05) is 12.1 Å². The van der Waals surface area contributed by atoms with Gasteiger partial charge in [-0.25, -0.2) is 33.1 Å². The third kappa shape index (κ3) is 7.29. The van der Waals surface area contributed by atoms with E-state index in [1.54, 1.807) is 31.6 Å². The average molecular weight is 705 g/mol. The minimum absolute atomic E-state index is 0.00604. The maximum atomic E-state index is 12.7. The highest BCUT2D eigenvalue weighted by Crippen LogP contribution is 2.38. The number of nitrogens with zero attached hydrogens (tertiary/aromatic N) is 7. The summed E-state index contributed by atoms with van der Waals surface area (Å²) in [5.74, 6) is 2.17. The van der Waals surface area contributed by atoms with Gasteiger partial charge in [0.15, 0.2) is 16.6 Å². The smallest absolute Gasteiger partial charge is 0.264 e. The van der Waals surface area contributed by atoms with E-state index in [-0.39, 0.29) is 10.8 Å². The van der Waals surface area contributed by atoms with Gasteiger partial charge in [0.2, 0.25) is 5.95 Å². The summed E-state index contributed by atoms with van der Waals surface area (Å²) in [5, 5.41) is 5.67. The maximum Gasteiger partial charge on any atom is 0.264 e. The number of piperazine rings is 1. The van der Waals surface area contributed by atoms with Gasteiger partial charge in [0.1, 0.15) is 24.4 Å². The summed E-state index contributed by atoms with van der Waals surface area (Å²) in [6, 6.07) is 11.9. The molecule has 0 saturated carbocycles. The zero-order valence-electron chi connectivity index (χ0n) is 26.8. The number of sulfonamides is 1. The molecule has 2 aromatic carbocycles. The van der Waals surface area contributed by atoms with Crippen molar-refractivity contribution in [3.63, 3.8) is 0 Å². The number of rotatable bonds is 10. The maximum absolute atomic E-state index is 12.7. The molecule has 0 bridgehead atoms. The van der Waals surface area contributed by atoms with Crippen molar-refractivity contribution < 1.29 is 22.6 Å². The summed E-state index contributed by atoms with van der Waals surface area (Å²) in [7, 11) is -2.19. The zero-order valence-corrected chi connectivity index (χ0v) is 28.5. The Kier molecular flexibility index (Phi) is 9.56. The van der Waals surface area contributed by atoms with E-state index in [9.17, 15) is 8.42 Å². The van der Waals surface area contributed by atoms with Gasteiger partial charge in [-0.1, -0.05) is 0 Å². The monoisotopic (exact) mass is 704 g/mol. The summed E-state index contributed by atoms with van der Waals surface area (Å²) in [6.07, 6.45) is 4.51. The predicted molar refractivity (Wildman–Crippen MR) is 190 cm³/mol. The van der Waals surface area contributed by atoms with Crippen LogP contribution in [0.2, 0.25) is 0 Å². The quantitative estimate of drug-likeness (QED) is 0.182. The molecular weight excluding hydrogens is 669 g/mol. The van der Waals surface area contributed by atoms with Gasteiger partial charge >= 0.3 is 0 Å². The van der Waals surface area contributed by atoms with Crippen molar-refractivity contribution in [3.05, 3.63) is 61.2 Å². The van der Waals surface area contributed by atoms with Gasteiger partial charge in [0.05, 0.1) is 36.1 Å². The summed E-state index contributed by atoms with van der Waals surface area (Å²) in [5.41, 5.74) is 2.31. The van der Waals surface area contributed by atoms with Gasteiger partial charge in [-0.2, -0.15) is 0 Å². The van der Waals surface area contributed by atoms with Crippen molar-refractivity contribution >= 4 is 66.7 Å². The number of nitrogens with one attached hydrogen (secondary N) is 3. The van der Waals surface area contributed by atoms with Gasteiger partial charge in [-0.05, 0) is 48.6 Å². The van der Waals surface area contributed by atoms with E-state index >= 15 is 0 Å². The number of thiocarbonyl (C=S) groups is 1. The molecule has 2 aliphatic heterocycles. The van der Waals surface area contributed by atoms with Crippen LogP contribution in [-0.2, 0) is 14.8 Å². The van der Waals surface area contributed by atoms with Crippen molar-refractivity contribution in [2.75, 3.05) is 87.7 Å². The van der Waals surface area contributed by atoms with Crippen LogP contribution in [0.1, 0.15) is 0 Å². The van der Waals surface area contributed by atoms with E-state index in [0.29, 0.717) is 55.1 Å². The lowest BCUT2D eigenvalue weighted by Gasteiger charge is -2.37. The number of benzene rings is 2. The molecule has 256 valence electrons. The Morgan fingerprint density at radius 1 is 0.980 bits per heavy atom. The van der Waals surface area contributed by atoms with Crippen LogP contribution in [0.4, 0.5) is 17.5 Å². The molecule has 0 radical (unpaired) electrons. The first-order valence-corrected chi connectivity index (χ1v) is 17.8. The Hall–Kier alpha value is -4.84. The van der Waals surface area contributed by atoms with Crippen LogP contribution in [0.5, 0.6) is 11.5 Å². The molecule has 0 unspecified atom stereocenters. The van der Waals surface area contributed by atoms with Crippen molar-refractivity contribution in [2.24, 2.45) is 0 Å². The lowest BCUT2D eigenvalue weighted by atomic mass is 10.1. The number of aromatic amines is 1. The number of anilines is 3. The number of fused-ring (bicyclic) bond motifs is 3. The molecule has 0 atom stereocenters. The van der Waals surface area contributed by atoms with Crippen molar-refractivity contribution in [2.45, 2.75) is 4.90 Å². The highest BCUT2D eigenvalue weighted by atomic mass is 32.2. The minimum Gasteiger partial charge on any atom is -0.493 e. The van der Waals surface area contributed by atoms with Crippen LogP contribution in [0.3, 0.4) is 0 Å². The third-order valence-electron chi connectivity index (χ3n) is 8.50. The minimum atomic E-state index is -3.83. The fraction of sp³-hybridized carbons (Fsp3) is 0.344. The van der Waals surface area contributed by atoms with E-state index in [1.165, 1.54) is 24.5 Å². The average Bonchev–Trinajstić information content (AvgIpc) is 3.50. The third-order valence-corrected chi connectivity index (χ3v) is 10.2. The molecule has 0 amide bonds. The largest absolute Gasteiger partial charge is 0.493 e. The highest BCUT2D eigenvalue weighted by molar-refractivity contribution is 7.92. The number of morpholine rings is 1. The second-order valence-electron chi connectivity index (χ2n) is 11.5. The number of ether oxygens (including phenoxy) is 3. The Morgan fingerprint density at radius 3 is 2.47 bits per heavy atom. The normalized spacial score (nSPS) is 15.8. The van der Waals surface area contributed by atoms with Gasteiger partial charge in [-0.15, -0.1) is 0 Å². The number of hydrogen-bond donors (Lipinski definition) is 3. The topological polar surface area (TPSA) is 163 Å². The number of H-pyrrole nitrogens is 1. The number of hydrogen-bond acceptors (Lipinski definition) is 12. The molecule has 15 nitrogen and oxygen atoms in total. The summed E-state index contributed by atoms with van der Waals surface area (Å²) < 4.78 is 45.2. The van der Waals surface area contributed by atoms with Gasteiger partial charge < -0.3 is 34.3 Å². The molecular formula is C32H36N10O5S2. The van der Waals surface area contributed by atoms with E-state index < -0.39 is 10.0 Å². The van der Waals surface area contributed by atoms with Crippen LogP contribution >= 0.6 is 12.2 Å². The summed E-state index contributed by atoms with van der Waals surface area (Å²) in [4.78, 5) is 27.3. The lowest BCUT2D eigenvalue weighted by molar-refractivity contribution is 0.0321. The van der Waals surface area contributed by atoms with E-state index in [2.05, 4.69) is 44.7 Å². The first-order valence-electron chi connectivity index (χ1n) is 15.9. The molecule has 49 heavy (non-hydrogen) atoms.